The van der Waals surface area contributed by atoms with E-state index in [2.05, 4.69) is 48.1 Å². The Morgan fingerprint density at radius 1 is 1.32 bits per heavy atom. The molecule has 0 saturated heterocycles. The maximum Gasteiger partial charge on any atom is 0.191 e. The van der Waals surface area contributed by atoms with E-state index in [9.17, 15) is 0 Å². The molecule has 124 valence electrons. The Morgan fingerprint density at radius 3 is 2.91 bits per heavy atom. The fourth-order valence-corrected chi connectivity index (χ4v) is 3.17. The van der Waals surface area contributed by atoms with E-state index < -0.39 is 0 Å². The summed E-state index contributed by atoms with van der Waals surface area (Å²) in [5, 5.41) is 6.74. The van der Waals surface area contributed by atoms with Crippen molar-refractivity contribution >= 4 is 41.7 Å². The van der Waals surface area contributed by atoms with Crippen LogP contribution in [0.1, 0.15) is 36.8 Å². The second-order valence-corrected chi connectivity index (χ2v) is 6.41. The van der Waals surface area contributed by atoms with Crippen LogP contribution < -0.4 is 10.6 Å². The van der Waals surface area contributed by atoms with E-state index in [0.717, 1.165) is 31.3 Å². The number of guanidine groups is 1. The Balaban J connectivity index is 0.00000242. The quantitative estimate of drug-likeness (QED) is 0.311. The van der Waals surface area contributed by atoms with Crippen molar-refractivity contribution in [2.24, 2.45) is 4.99 Å². The Morgan fingerprint density at radius 2 is 2.14 bits per heavy atom. The Bertz CT molecular complexity index is 465. The summed E-state index contributed by atoms with van der Waals surface area (Å²) in [5.41, 5.74) is 3.02. The van der Waals surface area contributed by atoms with Crippen LogP contribution in [0.5, 0.6) is 0 Å². The van der Waals surface area contributed by atoms with E-state index in [0.29, 0.717) is 5.92 Å². The van der Waals surface area contributed by atoms with Gasteiger partial charge in [-0.25, -0.2) is 0 Å². The van der Waals surface area contributed by atoms with Crippen molar-refractivity contribution in [1.29, 1.82) is 0 Å². The molecule has 1 atom stereocenters. The minimum Gasteiger partial charge on any atom is -0.357 e. The number of aryl methyl sites for hydroxylation is 1. The molecule has 0 aromatic heterocycles. The molecule has 2 rings (SSSR count). The number of hydrogen-bond acceptors (Lipinski definition) is 2. The van der Waals surface area contributed by atoms with Crippen LogP contribution >= 0.6 is 35.7 Å². The van der Waals surface area contributed by atoms with Crippen molar-refractivity contribution in [3.63, 3.8) is 0 Å². The van der Waals surface area contributed by atoms with E-state index in [-0.39, 0.29) is 24.0 Å². The summed E-state index contributed by atoms with van der Waals surface area (Å²) in [6.07, 6.45) is 5.89. The number of aliphatic imine (C=N–C) groups is 1. The first kappa shape index (κ1) is 19.6. The van der Waals surface area contributed by atoms with Gasteiger partial charge in [0.15, 0.2) is 5.96 Å². The van der Waals surface area contributed by atoms with Crippen LogP contribution in [-0.2, 0) is 6.42 Å². The van der Waals surface area contributed by atoms with Gasteiger partial charge in [-0.15, -0.1) is 24.0 Å². The third-order valence-corrected chi connectivity index (χ3v) is 4.52. The number of hydrogen-bond donors (Lipinski definition) is 2. The molecule has 0 spiro atoms. The maximum absolute atomic E-state index is 4.79. The lowest BCUT2D eigenvalue weighted by Gasteiger charge is -2.24. The zero-order valence-corrected chi connectivity index (χ0v) is 16.7. The lowest BCUT2D eigenvalue weighted by Crippen LogP contribution is -2.38. The third kappa shape index (κ3) is 5.99. The topological polar surface area (TPSA) is 36.4 Å². The number of halogens is 1. The standard InChI is InChI=1S/C17H27N3S.HI/c1-3-18-17(19-11-12-21-2)20-13-15-9-6-8-14-7-4-5-10-16(14)15;/h4-5,7,10,15H,3,6,8-9,11-13H2,1-2H3,(H2,18,19,20);1H. The molecule has 22 heavy (non-hydrogen) atoms. The van der Waals surface area contributed by atoms with Crippen LogP contribution in [-0.4, -0.2) is 37.6 Å². The van der Waals surface area contributed by atoms with E-state index in [1.807, 2.05) is 11.8 Å². The predicted molar refractivity (Wildman–Crippen MR) is 110 cm³/mol. The first-order valence-corrected chi connectivity index (χ1v) is 9.33. The molecule has 1 aliphatic carbocycles. The molecular formula is C17H28IN3S. The SMILES string of the molecule is CCNC(=NCC1CCCc2ccccc21)NCCSC.I. The minimum atomic E-state index is 0. The smallest absolute Gasteiger partial charge is 0.191 e. The summed E-state index contributed by atoms with van der Waals surface area (Å²) in [6.45, 7) is 4.87. The molecule has 0 saturated carbocycles. The van der Waals surface area contributed by atoms with Gasteiger partial charge in [0.25, 0.3) is 0 Å². The summed E-state index contributed by atoms with van der Waals surface area (Å²) >= 11 is 1.85. The van der Waals surface area contributed by atoms with Crippen LogP contribution in [0.4, 0.5) is 0 Å². The zero-order chi connectivity index (χ0) is 14.9. The number of rotatable bonds is 6. The van der Waals surface area contributed by atoms with Gasteiger partial charge >= 0.3 is 0 Å². The van der Waals surface area contributed by atoms with Gasteiger partial charge in [-0.3, -0.25) is 4.99 Å². The fourth-order valence-electron chi connectivity index (χ4n) is 2.86. The van der Waals surface area contributed by atoms with Gasteiger partial charge in [-0.1, -0.05) is 24.3 Å². The molecule has 1 aromatic carbocycles. The Kier molecular flexibility index (Phi) is 9.95. The molecule has 0 radical (unpaired) electrons. The van der Waals surface area contributed by atoms with Crippen LogP contribution in [0.15, 0.2) is 29.3 Å². The average molecular weight is 433 g/mol. The first-order valence-electron chi connectivity index (χ1n) is 7.94. The summed E-state index contributed by atoms with van der Waals surface area (Å²) < 4.78 is 0. The molecule has 5 heteroatoms. The lowest BCUT2D eigenvalue weighted by molar-refractivity contribution is 0.559. The predicted octanol–water partition coefficient (Wildman–Crippen LogP) is 3.64. The van der Waals surface area contributed by atoms with Crippen LogP contribution in [0.2, 0.25) is 0 Å². The van der Waals surface area contributed by atoms with Crippen molar-refractivity contribution in [3.8, 4) is 0 Å². The highest BCUT2D eigenvalue weighted by Gasteiger charge is 2.19. The molecule has 1 unspecified atom stereocenters. The second kappa shape index (κ2) is 11.2. The van der Waals surface area contributed by atoms with Gasteiger partial charge in [0.05, 0.1) is 0 Å². The van der Waals surface area contributed by atoms with Crippen molar-refractivity contribution in [2.75, 3.05) is 31.6 Å². The molecule has 2 N–H and O–H groups in total. The minimum absolute atomic E-state index is 0. The summed E-state index contributed by atoms with van der Waals surface area (Å²) in [7, 11) is 0. The molecule has 0 aliphatic heterocycles. The third-order valence-electron chi connectivity index (χ3n) is 3.91. The van der Waals surface area contributed by atoms with E-state index in [4.69, 9.17) is 4.99 Å². The number of benzene rings is 1. The highest BCUT2D eigenvalue weighted by atomic mass is 127. The highest BCUT2D eigenvalue weighted by molar-refractivity contribution is 14.0. The number of nitrogens with one attached hydrogen (secondary N) is 2. The number of fused-ring (bicyclic) bond motifs is 1. The first-order chi connectivity index (χ1) is 10.3. The normalized spacial score (nSPS) is 17.4. The number of thioether (sulfide) groups is 1. The fraction of sp³-hybridized carbons (Fsp3) is 0.588. The molecule has 1 aromatic rings. The van der Waals surface area contributed by atoms with Crippen molar-refractivity contribution < 1.29 is 0 Å². The van der Waals surface area contributed by atoms with Crippen molar-refractivity contribution in [2.45, 2.75) is 32.1 Å². The van der Waals surface area contributed by atoms with Gasteiger partial charge in [-0.2, -0.15) is 11.8 Å². The number of nitrogens with zero attached hydrogens (tertiary/aromatic N) is 1. The van der Waals surface area contributed by atoms with Gasteiger partial charge in [0.1, 0.15) is 0 Å². The van der Waals surface area contributed by atoms with Gasteiger partial charge in [0, 0.05) is 31.3 Å². The average Bonchev–Trinajstić information content (AvgIpc) is 2.53. The lowest BCUT2D eigenvalue weighted by atomic mass is 9.83. The van der Waals surface area contributed by atoms with E-state index in [1.54, 1.807) is 0 Å². The van der Waals surface area contributed by atoms with Crippen LogP contribution in [0, 0.1) is 0 Å². The molecule has 3 nitrogen and oxygen atoms in total. The summed E-state index contributed by atoms with van der Waals surface area (Å²) in [4.78, 5) is 4.79. The van der Waals surface area contributed by atoms with E-state index in [1.165, 1.54) is 30.4 Å². The molecule has 0 fully saturated rings. The van der Waals surface area contributed by atoms with Gasteiger partial charge < -0.3 is 10.6 Å². The van der Waals surface area contributed by atoms with Gasteiger partial charge in [0.2, 0.25) is 0 Å². The van der Waals surface area contributed by atoms with E-state index >= 15 is 0 Å². The molecule has 1 aliphatic rings. The van der Waals surface area contributed by atoms with Crippen molar-refractivity contribution in [3.05, 3.63) is 35.4 Å². The van der Waals surface area contributed by atoms with Crippen LogP contribution in [0.25, 0.3) is 0 Å². The molecule has 0 heterocycles. The monoisotopic (exact) mass is 433 g/mol. The second-order valence-electron chi connectivity index (χ2n) is 5.43. The molecule has 0 bridgehead atoms. The van der Waals surface area contributed by atoms with Crippen LogP contribution in [0.3, 0.4) is 0 Å². The Labute approximate surface area is 156 Å². The van der Waals surface area contributed by atoms with Crippen molar-refractivity contribution in [1.82, 2.24) is 10.6 Å². The molecular weight excluding hydrogens is 405 g/mol. The zero-order valence-electron chi connectivity index (χ0n) is 13.6. The maximum atomic E-state index is 4.79. The van der Waals surface area contributed by atoms with Gasteiger partial charge in [-0.05, 0) is 43.6 Å². The highest BCUT2D eigenvalue weighted by Crippen LogP contribution is 2.31. The molecule has 0 amide bonds. The summed E-state index contributed by atoms with van der Waals surface area (Å²) in [5.74, 6) is 2.64. The summed E-state index contributed by atoms with van der Waals surface area (Å²) in [6, 6.07) is 8.86. The Hall–Kier alpha value is -0.430. The largest absolute Gasteiger partial charge is 0.357 e.